The van der Waals surface area contributed by atoms with Gasteiger partial charge < -0.3 is 4.74 Å². The zero-order valence-corrected chi connectivity index (χ0v) is 15.5. The maximum atomic E-state index is 11.6. The van der Waals surface area contributed by atoms with E-state index in [1.54, 1.807) is 6.07 Å². The van der Waals surface area contributed by atoms with Gasteiger partial charge in [-0.1, -0.05) is 18.9 Å². The second-order valence-electron chi connectivity index (χ2n) is 7.32. The number of nitrogens with zero attached hydrogens (tertiary/aromatic N) is 1. The Morgan fingerprint density at radius 2 is 1.88 bits per heavy atom. The highest BCUT2D eigenvalue weighted by molar-refractivity contribution is 5.72. The summed E-state index contributed by atoms with van der Waals surface area (Å²) >= 11 is 0. The van der Waals surface area contributed by atoms with Gasteiger partial charge in [0, 0.05) is 11.6 Å². The molecule has 0 saturated heterocycles. The van der Waals surface area contributed by atoms with Gasteiger partial charge in [0.15, 0.2) is 0 Å². The van der Waals surface area contributed by atoms with Gasteiger partial charge in [0.1, 0.15) is 0 Å². The Bertz CT molecular complexity index is 618. The molecule has 1 aromatic carbocycles. The third kappa shape index (κ3) is 5.28. The minimum absolute atomic E-state index is 0.0689. The fourth-order valence-corrected chi connectivity index (χ4v) is 4.05. The predicted molar refractivity (Wildman–Crippen MR) is 97.6 cm³/mol. The minimum Gasteiger partial charge on any atom is -0.469 e. The van der Waals surface area contributed by atoms with Crippen molar-refractivity contribution in [2.45, 2.75) is 65.2 Å². The summed E-state index contributed by atoms with van der Waals surface area (Å²) in [5.41, 5.74) is 3.10. The average molecular weight is 347 g/mol. The van der Waals surface area contributed by atoms with Crippen molar-refractivity contribution in [1.82, 2.24) is 0 Å². The second kappa shape index (κ2) is 8.97. The zero-order valence-electron chi connectivity index (χ0n) is 15.5. The molecule has 1 aromatic rings. The molecule has 138 valence electrons. The van der Waals surface area contributed by atoms with Gasteiger partial charge in [0.05, 0.1) is 18.0 Å². The number of esters is 1. The van der Waals surface area contributed by atoms with Gasteiger partial charge in [-0.25, -0.2) is 0 Å². The summed E-state index contributed by atoms with van der Waals surface area (Å²) < 4.78 is 4.83. The lowest BCUT2D eigenvalue weighted by Crippen LogP contribution is -2.22. The Kier molecular flexibility index (Phi) is 6.97. The number of carbonyl (C=O) groups is 1. The van der Waals surface area contributed by atoms with Crippen LogP contribution in [0.25, 0.3) is 0 Å². The molecule has 0 spiro atoms. The van der Waals surface area contributed by atoms with E-state index in [-0.39, 0.29) is 22.5 Å². The van der Waals surface area contributed by atoms with Gasteiger partial charge in [-0.15, -0.1) is 0 Å². The monoisotopic (exact) mass is 347 g/mol. The van der Waals surface area contributed by atoms with Crippen LogP contribution in [-0.2, 0) is 16.0 Å². The predicted octanol–water partition coefficient (Wildman–Crippen LogP) is 4.90. The largest absolute Gasteiger partial charge is 0.469 e. The van der Waals surface area contributed by atoms with E-state index < -0.39 is 0 Å². The molecule has 0 unspecified atom stereocenters. The van der Waals surface area contributed by atoms with Crippen LogP contribution in [0.2, 0.25) is 0 Å². The molecular formula is C20H29NO4. The number of nitro benzene ring substituents is 1. The molecule has 0 radical (unpaired) electrons. The average Bonchev–Trinajstić information content (AvgIpc) is 2.59. The first kappa shape index (κ1) is 19.4. The molecule has 0 bridgehead atoms. The molecule has 0 aliphatic heterocycles. The molecule has 1 aliphatic carbocycles. The van der Waals surface area contributed by atoms with Crippen molar-refractivity contribution in [3.8, 4) is 0 Å². The Balaban J connectivity index is 1.79. The fraction of sp³-hybridized carbons (Fsp3) is 0.650. The van der Waals surface area contributed by atoms with Crippen LogP contribution < -0.4 is 0 Å². The smallest absolute Gasteiger partial charge is 0.308 e. The first-order chi connectivity index (χ1) is 11.9. The van der Waals surface area contributed by atoms with E-state index in [0.717, 1.165) is 68.1 Å². The first-order valence-electron chi connectivity index (χ1n) is 9.24. The molecule has 0 amide bonds. The second-order valence-corrected chi connectivity index (χ2v) is 7.32. The van der Waals surface area contributed by atoms with Crippen LogP contribution in [0.15, 0.2) is 12.1 Å². The molecule has 0 N–H and O–H groups in total. The van der Waals surface area contributed by atoms with Crippen LogP contribution in [0.3, 0.4) is 0 Å². The van der Waals surface area contributed by atoms with Crippen LogP contribution in [0.1, 0.15) is 61.6 Å². The standard InChI is InChI=1S/C20H29NO4/c1-14-12-15(2)18(19(13-14)21(23)24)7-5-4-6-16-8-10-17(11-9-16)20(22)25-3/h12-13,16-17H,4-11H2,1-3H3. The van der Waals surface area contributed by atoms with Crippen molar-refractivity contribution in [3.05, 3.63) is 38.9 Å². The summed E-state index contributed by atoms with van der Waals surface area (Å²) in [4.78, 5) is 22.6. The highest BCUT2D eigenvalue weighted by atomic mass is 16.6. The Hall–Kier alpha value is -1.91. The van der Waals surface area contributed by atoms with Crippen LogP contribution in [0.5, 0.6) is 0 Å². The molecule has 0 heterocycles. The number of rotatable bonds is 7. The quantitative estimate of drug-likeness (QED) is 0.304. The Morgan fingerprint density at radius 3 is 2.48 bits per heavy atom. The number of unbranched alkanes of at least 4 members (excludes halogenated alkanes) is 1. The number of benzene rings is 1. The summed E-state index contributed by atoms with van der Waals surface area (Å²) in [5, 5.41) is 11.3. The molecule has 2 rings (SSSR count). The van der Waals surface area contributed by atoms with E-state index in [1.165, 1.54) is 7.11 Å². The van der Waals surface area contributed by atoms with Gasteiger partial charge >= 0.3 is 5.97 Å². The van der Waals surface area contributed by atoms with Crippen LogP contribution in [0, 0.1) is 35.8 Å². The molecule has 5 heteroatoms. The fourth-order valence-electron chi connectivity index (χ4n) is 4.05. The van der Waals surface area contributed by atoms with E-state index in [9.17, 15) is 14.9 Å². The van der Waals surface area contributed by atoms with E-state index >= 15 is 0 Å². The zero-order chi connectivity index (χ0) is 18.4. The summed E-state index contributed by atoms with van der Waals surface area (Å²) in [7, 11) is 1.46. The third-order valence-corrected chi connectivity index (χ3v) is 5.46. The SMILES string of the molecule is COC(=O)C1CCC(CCCCc2c(C)cc(C)cc2[N+](=O)[O-])CC1. The molecular weight excluding hydrogens is 318 g/mol. The molecule has 0 atom stereocenters. The summed E-state index contributed by atoms with van der Waals surface area (Å²) in [6, 6.07) is 3.70. The Morgan fingerprint density at radius 1 is 1.20 bits per heavy atom. The van der Waals surface area contributed by atoms with Crippen molar-refractivity contribution in [3.63, 3.8) is 0 Å². The van der Waals surface area contributed by atoms with Crippen LogP contribution in [-0.4, -0.2) is 18.0 Å². The maximum Gasteiger partial charge on any atom is 0.308 e. The van der Waals surface area contributed by atoms with E-state index in [0.29, 0.717) is 5.92 Å². The molecule has 5 nitrogen and oxygen atoms in total. The summed E-state index contributed by atoms with van der Waals surface area (Å²) in [5.74, 6) is 0.690. The van der Waals surface area contributed by atoms with Crippen molar-refractivity contribution in [2.75, 3.05) is 7.11 Å². The number of carbonyl (C=O) groups excluding carboxylic acids is 1. The normalized spacial score (nSPS) is 20.3. The highest BCUT2D eigenvalue weighted by Gasteiger charge is 2.26. The lowest BCUT2D eigenvalue weighted by molar-refractivity contribution is -0.385. The number of ether oxygens (including phenoxy) is 1. The summed E-state index contributed by atoms with van der Waals surface area (Å²) in [6.07, 6.45) is 8.00. The molecule has 1 aliphatic rings. The lowest BCUT2D eigenvalue weighted by Gasteiger charge is -2.26. The van der Waals surface area contributed by atoms with E-state index in [1.807, 2.05) is 19.9 Å². The van der Waals surface area contributed by atoms with Gasteiger partial charge in [-0.2, -0.15) is 0 Å². The topological polar surface area (TPSA) is 69.4 Å². The minimum atomic E-state index is -0.260. The van der Waals surface area contributed by atoms with Crippen LogP contribution in [0.4, 0.5) is 5.69 Å². The number of nitro groups is 1. The molecule has 0 aromatic heterocycles. The Labute approximate surface area is 149 Å². The van der Waals surface area contributed by atoms with Crippen molar-refractivity contribution >= 4 is 11.7 Å². The maximum absolute atomic E-state index is 11.6. The van der Waals surface area contributed by atoms with Crippen molar-refractivity contribution in [1.29, 1.82) is 0 Å². The number of hydrogen-bond acceptors (Lipinski definition) is 4. The van der Waals surface area contributed by atoms with Gasteiger partial charge in [0.25, 0.3) is 5.69 Å². The number of hydrogen-bond donors (Lipinski definition) is 0. The molecule has 1 fully saturated rings. The number of aryl methyl sites for hydroxylation is 2. The van der Waals surface area contributed by atoms with Gasteiger partial charge in [-0.05, 0) is 69.4 Å². The van der Waals surface area contributed by atoms with E-state index in [4.69, 9.17) is 4.74 Å². The first-order valence-corrected chi connectivity index (χ1v) is 9.24. The third-order valence-electron chi connectivity index (χ3n) is 5.46. The number of methoxy groups -OCH3 is 1. The summed E-state index contributed by atoms with van der Waals surface area (Å²) in [6.45, 7) is 3.86. The molecule has 25 heavy (non-hydrogen) atoms. The van der Waals surface area contributed by atoms with Crippen LogP contribution >= 0.6 is 0 Å². The van der Waals surface area contributed by atoms with Crippen molar-refractivity contribution < 1.29 is 14.5 Å². The van der Waals surface area contributed by atoms with E-state index in [2.05, 4.69) is 0 Å². The highest BCUT2D eigenvalue weighted by Crippen LogP contribution is 2.33. The molecule has 1 saturated carbocycles. The van der Waals surface area contributed by atoms with Crippen molar-refractivity contribution in [2.24, 2.45) is 11.8 Å². The van der Waals surface area contributed by atoms with Gasteiger partial charge in [-0.3, -0.25) is 14.9 Å². The lowest BCUT2D eigenvalue weighted by atomic mass is 9.79. The van der Waals surface area contributed by atoms with Gasteiger partial charge in [0.2, 0.25) is 0 Å².